The zero-order valence-electron chi connectivity index (χ0n) is 28.4. The van der Waals surface area contributed by atoms with Gasteiger partial charge in [0.15, 0.2) is 9.84 Å². The van der Waals surface area contributed by atoms with Crippen molar-refractivity contribution < 1.29 is 41.4 Å². The van der Waals surface area contributed by atoms with Crippen molar-refractivity contribution in [2.24, 2.45) is 17.8 Å². The van der Waals surface area contributed by atoms with Crippen LogP contribution in [-0.4, -0.2) is 97.5 Å². The molecule has 4 N–H and O–H groups in total. The van der Waals surface area contributed by atoms with E-state index in [-0.39, 0.29) is 37.6 Å². The minimum Gasteiger partial charge on any atom is -0.390 e. The molecule has 48 heavy (non-hydrogen) atoms. The molecule has 0 bridgehead atoms. The summed E-state index contributed by atoms with van der Waals surface area (Å²) in [5.41, 5.74) is 0.668. The first kappa shape index (κ1) is 41.5. The van der Waals surface area contributed by atoms with E-state index in [1.807, 2.05) is 13.8 Å². The number of aliphatic hydroxyl groups is 2. The molecule has 1 saturated carbocycles. The highest BCUT2D eigenvalue weighted by Gasteiger charge is 2.35. The summed E-state index contributed by atoms with van der Waals surface area (Å²) in [6.45, 7) is 2.20. The van der Waals surface area contributed by atoms with Gasteiger partial charge in [0.2, 0.25) is 11.8 Å². The summed E-state index contributed by atoms with van der Waals surface area (Å²) in [5.74, 6) is -0.884. The molecule has 1 aromatic rings. The number of sulfone groups is 1. The van der Waals surface area contributed by atoms with E-state index in [1.165, 1.54) is 7.05 Å². The molecule has 2 rings (SSSR count). The molecule has 272 valence electrons. The lowest BCUT2D eigenvalue weighted by Crippen LogP contribution is -2.56. The summed E-state index contributed by atoms with van der Waals surface area (Å²) < 4.78 is 64.5. The Morgan fingerprint density at radius 2 is 1.71 bits per heavy atom. The van der Waals surface area contributed by atoms with Gasteiger partial charge in [0.1, 0.15) is 12.1 Å². The van der Waals surface area contributed by atoms with E-state index in [0.717, 1.165) is 37.0 Å². The van der Waals surface area contributed by atoms with Gasteiger partial charge in [0.25, 0.3) is 0 Å². The third kappa shape index (κ3) is 16.2. The molecule has 0 radical (unpaired) electrons. The zero-order valence-corrected chi connectivity index (χ0v) is 29.2. The Bertz CT molecular complexity index is 1270. The fourth-order valence-corrected chi connectivity index (χ4v) is 7.86. The molecule has 0 saturated heterocycles. The van der Waals surface area contributed by atoms with Crippen LogP contribution in [0.3, 0.4) is 0 Å². The molecule has 0 heterocycles. The van der Waals surface area contributed by atoms with Gasteiger partial charge in [-0.15, -0.1) is 12.3 Å². The Labute approximate surface area is 284 Å². The highest BCUT2D eigenvalue weighted by atomic mass is 32.2. The summed E-state index contributed by atoms with van der Waals surface area (Å²) in [5, 5.41) is 27.5. The monoisotopic (exact) mass is 701 g/mol. The van der Waals surface area contributed by atoms with Crippen LogP contribution in [0.2, 0.25) is 0 Å². The van der Waals surface area contributed by atoms with Gasteiger partial charge in [0, 0.05) is 13.0 Å². The highest BCUT2D eigenvalue weighted by molar-refractivity contribution is 7.91. The topological polar surface area (TPSA) is 136 Å². The smallest absolute Gasteiger partial charge is 0.390 e. The van der Waals surface area contributed by atoms with Gasteiger partial charge in [-0.3, -0.25) is 14.5 Å². The van der Waals surface area contributed by atoms with Gasteiger partial charge in [0.05, 0.1) is 36.1 Å². The van der Waals surface area contributed by atoms with Crippen molar-refractivity contribution in [3.63, 3.8) is 0 Å². The molecule has 1 aliphatic rings. The molecular weight excluding hydrogens is 647 g/mol. The van der Waals surface area contributed by atoms with Crippen molar-refractivity contribution in [1.29, 1.82) is 0 Å². The molecule has 9 nitrogen and oxygen atoms in total. The predicted octanol–water partition coefficient (Wildman–Crippen LogP) is 3.88. The number of rotatable bonds is 20. The van der Waals surface area contributed by atoms with Crippen LogP contribution in [0.1, 0.15) is 77.2 Å². The van der Waals surface area contributed by atoms with Gasteiger partial charge in [-0.1, -0.05) is 76.3 Å². The average Bonchev–Trinajstić information content (AvgIpc) is 3.00. The van der Waals surface area contributed by atoms with E-state index in [2.05, 4.69) is 16.6 Å². The van der Waals surface area contributed by atoms with Crippen LogP contribution in [0.5, 0.6) is 0 Å². The van der Waals surface area contributed by atoms with Crippen molar-refractivity contribution in [3.05, 3.63) is 35.9 Å². The van der Waals surface area contributed by atoms with Crippen molar-refractivity contribution in [1.82, 2.24) is 15.5 Å². The average molecular weight is 702 g/mol. The maximum Gasteiger partial charge on any atom is 0.401 e. The number of amides is 2. The Kier molecular flexibility index (Phi) is 17.4. The molecule has 0 spiro atoms. The minimum absolute atomic E-state index is 0.0121. The molecule has 0 aromatic heterocycles. The van der Waals surface area contributed by atoms with Crippen molar-refractivity contribution in [2.75, 3.05) is 31.6 Å². The number of hydrogen-bond donors (Lipinski definition) is 4. The molecule has 1 fully saturated rings. The van der Waals surface area contributed by atoms with Crippen molar-refractivity contribution in [3.8, 4) is 12.3 Å². The normalized spacial score (nSPS) is 17.7. The molecule has 0 aliphatic heterocycles. The Hall–Kier alpha value is -2.66. The lowest BCUT2D eigenvalue weighted by molar-refractivity contribution is -0.142. The largest absolute Gasteiger partial charge is 0.401 e. The van der Waals surface area contributed by atoms with Crippen LogP contribution in [0.25, 0.3) is 0 Å². The fraction of sp³-hybridized carbons (Fsp3) is 0.714. The number of benzene rings is 1. The standard InChI is InChI=1S/C35H54F3N3O6S/c1-5-6-17-29(34(45)40-30(22-27-15-11-8-12-16-27)32(43)31(42)20-25(2)3)39-33(44)28(21-26-13-9-7-10-14-26)23-48(46,47)19-18-41(4)24-35(36,37)38/h1,7,9-10,13-14,25,27-32,42-43H,6,8,11-12,15-24H2,2-4H3,(H,39,44)(H,40,45)/t28?,29-,30?,31?,32+/m0/s1. The van der Waals surface area contributed by atoms with Gasteiger partial charge >= 0.3 is 6.18 Å². The molecule has 13 heteroatoms. The summed E-state index contributed by atoms with van der Waals surface area (Å²) in [7, 11) is -2.83. The number of alkyl halides is 3. The van der Waals surface area contributed by atoms with Gasteiger partial charge < -0.3 is 20.8 Å². The maximum absolute atomic E-state index is 13.7. The van der Waals surface area contributed by atoms with Crippen LogP contribution < -0.4 is 10.6 Å². The second-order valence-corrected chi connectivity index (χ2v) is 15.9. The summed E-state index contributed by atoms with van der Waals surface area (Å²) >= 11 is 0. The molecular formula is C35H54F3N3O6S. The quantitative estimate of drug-likeness (QED) is 0.152. The molecule has 1 aromatic carbocycles. The first-order valence-electron chi connectivity index (χ1n) is 16.9. The summed E-state index contributed by atoms with van der Waals surface area (Å²) in [4.78, 5) is 28.3. The highest BCUT2D eigenvalue weighted by Crippen LogP contribution is 2.29. The minimum atomic E-state index is -4.49. The van der Waals surface area contributed by atoms with Crippen molar-refractivity contribution in [2.45, 2.75) is 109 Å². The second-order valence-electron chi connectivity index (χ2n) is 13.7. The number of carbonyl (C=O) groups is 2. The summed E-state index contributed by atoms with van der Waals surface area (Å²) in [6.07, 6.45) is 4.74. The number of hydrogen-bond acceptors (Lipinski definition) is 7. The van der Waals surface area contributed by atoms with Crippen LogP contribution in [-0.2, 0) is 25.8 Å². The van der Waals surface area contributed by atoms with E-state index < -0.39 is 76.1 Å². The van der Waals surface area contributed by atoms with Gasteiger partial charge in [-0.25, -0.2) is 8.42 Å². The summed E-state index contributed by atoms with van der Waals surface area (Å²) in [6, 6.07) is 6.75. The van der Waals surface area contributed by atoms with E-state index >= 15 is 0 Å². The number of carbonyl (C=O) groups excluding carboxylic acids is 2. The zero-order chi connectivity index (χ0) is 35.9. The van der Waals surface area contributed by atoms with Gasteiger partial charge in [-0.2, -0.15) is 13.2 Å². The molecule has 1 aliphatic carbocycles. The van der Waals surface area contributed by atoms with E-state index in [4.69, 9.17) is 6.42 Å². The first-order valence-corrected chi connectivity index (χ1v) is 18.7. The van der Waals surface area contributed by atoms with E-state index in [0.29, 0.717) is 18.4 Å². The Morgan fingerprint density at radius 1 is 1.06 bits per heavy atom. The lowest BCUT2D eigenvalue weighted by atomic mass is 9.82. The first-order chi connectivity index (χ1) is 22.5. The van der Waals surface area contributed by atoms with E-state index in [9.17, 15) is 41.4 Å². The predicted molar refractivity (Wildman–Crippen MR) is 180 cm³/mol. The Morgan fingerprint density at radius 3 is 2.29 bits per heavy atom. The lowest BCUT2D eigenvalue weighted by Gasteiger charge is -2.33. The van der Waals surface area contributed by atoms with Crippen LogP contribution in [0, 0.1) is 30.1 Å². The van der Waals surface area contributed by atoms with E-state index in [1.54, 1.807) is 30.3 Å². The van der Waals surface area contributed by atoms with Gasteiger partial charge in [-0.05, 0) is 50.1 Å². The Balaban J connectivity index is 2.27. The number of nitrogens with one attached hydrogen (secondary N) is 2. The maximum atomic E-state index is 13.7. The fourth-order valence-electron chi connectivity index (χ4n) is 6.22. The number of terminal acetylenes is 1. The second kappa shape index (κ2) is 20.1. The SMILES string of the molecule is C#CCC[C@H](NC(=O)C(Cc1ccccc1)CS(=O)(=O)CCN(C)CC(F)(F)F)C(=O)NC(CC1CCCCC1)[C@@H](O)C(O)CC(C)C. The van der Waals surface area contributed by atoms with Crippen molar-refractivity contribution >= 4 is 21.7 Å². The van der Waals surface area contributed by atoms with Crippen LogP contribution in [0.4, 0.5) is 13.2 Å². The molecule has 2 amide bonds. The number of halogens is 3. The number of aliphatic hydroxyl groups excluding tert-OH is 2. The third-order valence-corrected chi connectivity index (χ3v) is 10.5. The number of nitrogens with zero attached hydrogens (tertiary/aromatic N) is 1. The third-order valence-electron chi connectivity index (χ3n) is 8.75. The molecule has 5 atom stereocenters. The van der Waals surface area contributed by atoms with Crippen LogP contribution >= 0.6 is 0 Å². The molecule has 3 unspecified atom stereocenters. The van der Waals surface area contributed by atoms with Crippen LogP contribution in [0.15, 0.2) is 30.3 Å².